The van der Waals surface area contributed by atoms with Crippen molar-refractivity contribution in [3.8, 4) is 5.88 Å². The number of hydrogen-bond donors (Lipinski definition) is 2. The van der Waals surface area contributed by atoms with E-state index in [2.05, 4.69) is 15.0 Å². The van der Waals surface area contributed by atoms with Crippen LogP contribution in [0.15, 0.2) is 47.5 Å². The first-order chi connectivity index (χ1) is 14.4. The molecule has 0 saturated heterocycles. The minimum Gasteiger partial charge on any atom is -0.477 e. The Labute approximate surface area is 183 Å². The van der Waals surface area contributed by atoms with Gasteiger partial charge in [-0.15, -0.1) is 0 Å². The number of sulfonamides is 1. The second kappa shape index (κ2) is 11.9. The summed E-state index contributed by atoms with van der Waals surface area (Å²) in [6.07, 6.45) is 4.77. The molecule has 2 rings (SSSR count). The van der Waals surface area contributed by atoms with Crippen molar-refractivity contribution in [2.75, 3.05) is 18.6 Å². The molecule has 30 heavy (non-hydrogen) atoms. The number of carbonyl (C=O) groups excluding carboxylic acids is 1. The van der Waals surface area contributed by atoms with Crippen LogP contribution in [0.4, 0.5) is 0 Å². The summed E-state index contributed by atoms with van der Waals surface area (Å²) in [5, 5.41) is 2.81. The second-order valence-corrected chi connectivity index (χ2v) is 9.50. The van der Waals surface area contributed by atoms with Gasteiger partial charge in [-0.2, -0.15) is 16.5 Å². The Bertz CT molecular complexity index is 918. The van der Waals surface area contributed by atoms with E-state index in [9.17, 15) is 13.2 Å². The zero-order valence-corrected chi connectivity index (χ0v) is 19.2. The van der Waals surface area contributed by atoms with Crippen LogP contribution in [0, 0.1) is 6.92 Å². The lowest BCUT2D eigenvalue weighted by molar-refractivity contribution is -0.122. The van der Waals surface area contributed by atoms with Crippen molar-refractivity contribution in [3.63, 3.8) is 0 Å². The summed E-state index contributed by atoms with van der Waals surface area (Å²) in [4.78, 5) is 17.1. The number of carbonyl (C=O) groups is 1. The topological polar surface area (TPSA) is 97.4 Å². The van der Waals surface area contributed by atoms with E-state index in [4.69, 9.17) is 4.74 Å². The number of rotatable bonds is 12. The second-order valence-electron chi connectivity index (χ2n) is 6.80. The van der Waals surface area contributed by atoms with Gasteiger partial charge in [0.25, 0.3) is 0 Å². The highest BCUT2D eigenvalue weighted by atomic mass is 32.2. The summed E-state index contributed by atoms with van der Waals surface area (Å²) in [6, 6.07) is 9.25. The lowest BCUT2D eigenvalue weighted by Crippen LogP contribution is -2.46. The molecular formula is C21H29N3O4S2. The molecule has 0 spiro atoms. The highest BCUT2D eigenvalue weighted by Gasteiger charge is 2.25. The third-order valence-electron chi connectivity index (χ3n) is 4.30. The molecule has 0 aliphatic heterocycles. The van der Waals surface area contributed by atoms with E-state index < -0.39 is 16.1 Å². The van der Waals surface area contributed by atoms with Crippen LogP contribution in [-0.4, -0.2) is 44.0 Å². The average molecular weight is 452 g/mol. The maximum Gasteiger partial charge on any atom is 0.241 e. The number of nitrogens with one attached hydrogen (secondary N) is 2. The third-order valence-corrected chi connectivity index (χ3v) is 6.43. The molecule has 0 aliphatic rings. The van der Waals surface area contributed by atoms with Crippen molar-refractivity contribution < 1.29 is 17.9 Å². The molecule has 1 heterocycles. The molecule has 9 heteroatoms. The number of pyridine rings is 1. The Balaban J connectivity index is 2.09. The van der Waals surface area contributed by atoms with Crippen molar-refractivity contribution in [1.29, 1.82) is 0 Å². The maximum atomic E-state index is 12.8. The highest BCUT2D eigenvalue weighted by Crippen LogP contribution is 2.15. The quantitative estimate of drug-likeness (QED) is 0.515. The summed E-state index contributed by atoms with van der Waals surface area (Å²) in [5.74, 6) is 0.734. The SMILES string of the molecule is CCCOc1ncccc1CNC(=O)C(CCSC)NS(=O)(=O)c1ccc(C)cc1. The van der Waals surface area contributed by atoms with Crippen LogP contribution in [-0.2, 0) is 21.4 Å². The third kappa shape index (κ3) is 7.30. The van der Waals surface area contributed by atoms with Crippen molar-refractivity contribution >= 4 is 27.7 Å². The predicted octanol–water partition coefficient (Wildman–Crippen LogP) is 2.90. The van der Waals surface area contributed by atoms with Crippen LogP contribution in [0.1, 0.15) is 30.9 Å². The number of aromatic nitrogens is 1. The fourth-order valence-corrected chi connectivity index (χ4v) is 4.35. The molecular weight excluding hydrogens is 422 g/mol. The van der Waals surface area contributed by atoms with E-state index in [-0.39, 0.29) is 17.3 Å². The average Bonchev–Trinajstić information content (AvgIpc) is 2.74. The number of thioether (sulfide) groups is 1. The van der Waals surface area contributed by atoms with Crippen LogP contribution in [0.5, 0.6) is 5.88 Å². The zero-order chi connectivity index (χ0) is 22.0. The summed E-state index contributed by atoms with van der Waals surface area (Å²) in [5.41, 5.74) is 1.70. The molecule has 1 unspecified atom stereocenters. The van der Waals surface area contributed by atoms with Gasteiger partial charge >= 0.3 is 0 Å². The minimum atomic E-state index is -3.81. The fourth-order valence-electron chi connectivity index (χ4n) is 2.64. The molecule has 2 aromatic rings. The Morgan fingerprint density at radius 3 is 2.63 bits per heavy atom. The molecule has 2 N–H and O–H groups in total. The Morgan fingerprint density at radius 2 is 1.97 bits per heavy atom. The van der Waals surface area contributed by atoms with Crippen molar-refractivity contribution in [2.24, 2.45) is 0 Å². The Kier molecular flexibility index (Phi) is 9.61. The van der Waals surface area contributed by atoms with Gasteiger partial charge in [0.05, 0.1) is 11.5 Å². The molecule has 0 fully saturated rings. The van der Waals surface area contributed by atoms with E-state index in [0.29, 0.717) is 24.7 Å². The van der Waals surface area contributed by atoms with Gasteiger partial charge in [0.15, 0.2) is 0 Å². The molecule has 1 aromatic carbocycles. The van der Waals surface area contributed by atoms with E-state index in [1.54, 1.807) is 36.2 Å². The van der Waals surface area contributed by atoms with Crippen LogP contribution in [0.25, 0.3) is 0 Å². The van der Waals surface area contributed by atoms with Gasteiger partial charge in [0.2, 0.25) is 21.8 Å². The minimum absolute atomic E-state index is 0.137. The Morgan fingerprint density at radius 1 is 1.23 bits per heavy atom. The standard InChI is InChI=1S/C21H29N3O4S2/c1-4-13-28-21-17(6-5-12-22-21)15-23-20(25)19(11-14-29-3)24-30(26,27)18-9-7-16(2)8-10-18/h5-10,12,19,24H,4,11,13-15H2,1-3H3,(H,23,25). The van der Waals surface area contributed by atoms with Crippen molar-refractivity contribution in [1.82, 2.24) is 15.0 Å². The normalized spacial score (nSPS) is 12.4. The summed E-state index contributed by atoms with van der Waals surface area (Å²) >= 11 is 1.55. The number of nitrogens with zero attached hydrogens (tertiary/aromatic N) is 1. The number of amides is 1. The Hall–Kier alpha value is -2.10. The van der Waals surface area contributed by atoms with Gasteiger partial charge in [0.1, 0.15) is 6.04 Å². The maximum absolute atomic E-state index is 12.8. The van der Waals surface area contributed by atoms with Crippen LogP contribution >= 0.6 is 11.8 Å². The predicted molar refractivity (Wildman–Crippen MR) is 120 cm³/mol. The molecule has 164 valence electrons. The zero-order valence-electron chi connectivity index (χ0n) is 17.6. The monoisotopic (exact) mass is 451 g/mol. The van der Waals surface area contributed by atoms with E-state index in [0.717, 1.165) is 17.5 Å². The van der Waals surface area contributed by atoms with E-state index in [1.807, 2.05) is 26.2 Å². The van der Waals surface area contributed by atoms with E-state index >= 15 is 0 Å². The molecule has 1 aromatic heterocycles. The first-order valence-electron chi connectivity index (χ1n) is 9.79. The van der Waals surface area contributed by atoms with Gasteiger partial charge in [-0.05, 0) is 50.0 Å². The van der Waals surface area contributed by atoms with Crippen LogP contribution in [0.3, 0.4) is 0 Å². The number of benzene rings is 1. The summed E-state index contributed by atoms with van der Waals surface area (Å²) < 4.78 is 33.6. The number of hydrogen-bond acceptors (Lipinski definition) is 6. The summed E-state index contributed by atoms with van der Waals surface area (Å²) in [7, 11) is -3.81. The molecule has 1 atom stereocenters. The first kappa shape index (κ1) is 24.2. The fraction of sp³-hybridized carbons (Fsp3) is 0.429. The molecule has 0 aliphatic carbocycles. The smallest absolute Gasteiger partial charge is 0.241 e. The van der Waals surface area contributed by atoms with Crippen LogP contribution in [0.2, 0.25) is 0 Å². The number of ether oxygens (including phenoxy) is 1. The van der Waals surface area contributed by atoms with Crippen LogP contribution < -0.4 is 14.8 Å². The number of aryl methyl sites for hydroxylation is 1. The van der Waals surface area contributed by atoms with Gasteiger partial charge in [-0.25, -0.2) is 13.4 Å². The summed E-state index contributed by atoms with van der Waals surface area (Å²) in [6.45, 7) is 4.62. The largest absolute Gasteiger partial charge is 0.477 e. The van der Waals surface area contributed by atoms with Crippen molar-refractivity contribution in [2.45, 2.75) is 44.2 Å². The van der Waals surface area contributed by atoms with Crippen molar-refractivity contribution in [3.05, 3.63) is 53.7 Å². The van der Waals surface area contributed by atoms with Gasteiger partial charge in [0, 0.05) is 18.3 Å². The molecule has 0 bridgehead atoms. The molecule has 7 nitrogen and oxygen atoms in total. The first-order valence-corrected chi connectivity index (χ1v) is 12.7. The highest BCUT2D eigenvalue weighted by molar-refractivity contribution is 7.98. The molecule has 1 amide bonds. The lowest BCUT2D eigenvalue weighted by Gasteiger charge is -2.19. The van der Waals surface area contributed by atoms with Gasteiger partial charge < -0.3 is 10.1 Å². The van der Waals surface area contributed by atoms with Gasteiger partial charge in [-0.1, -0.05) is 30.7 Å². The van der Waals surface area contributed by atoms with E-state index in [1.165, 1.54) is 12.1 Å². The van der Waals surface area contributed by atoms with Gasteiger partial charge in [-0.3, -0.25) is 4.79 Å². The molecule has 0 radical (unpaired) electrons. The molecule has 0 saturated carbocycles. The lowest BCUT2D eigenvalue weighted by atomic mass is 10.2.